The summed E-state index contributed by atoms with van der Waals surface area (Å²) in [6.45, 7) is 13.5. The van der Waals surface area contributed by atoms with E-state index in [9.17, 15) is 24.6 Å². The molecule has 0 spiro atoms. The van der Waals surface area contributed by atoms with Gasteiger partial charge in [0.2, 0.25) is 0 Å². The average Bonchev–Trinajstić information content (AvgIpc) is 2.56. The molecule has 1 aliphatic rings. The number of nitrogens with one attached hydrogen (secondary N) is 1. The van der Waals surface area contributed by atoms with E-state index >= 15 is 0 Å². The van der Waals surface area contributed by atoms with Crippen LogP contribution in [0, 0.1) is 11.3 Å². The van der Waals surface area contributed by atoms with Gasteiger partial charge in [-0.15, -0.1) is 0 Å². The van der Waals surface area contributed by atoms with Gasteiger partial charge in [0.15, 0.2) is 5.78 Å². The number of nitrogens with zero attached hydrogens (tertiary/aromatic N) is 1. The van der Waals surface area contributed by atoms with Gasteiger partial charge in [-0.2, -0.15) is 0 Å². The number of alkyl carbamates (subject to hydrolysis) is 1. The summed E-state index contributed by atoms with van der Waals surface area (Å²) in [4.78, 5) is 40.6. The van der Waals surface area contributed by atoms with E-state index in [2.05, 4.69) is 10.3 Å². The maximum absolute atomic E-state index is 12.7. The van der Waals surface area contributed by atoms with E-state index < -0.39 is 23.7 Å². The van der Waals surface area contributed by atoms with Crippen molar-refractivity contribution in [2.24, 2.45) is 16.3 Å². The van der Waals surface area contributed by atoms with Crippen LogP contribution in [-0.4, -0.2) is 52.0 Å². The molecular formula is C24H40N2O6. The van der Waals surface area contributed by atoms with Crippen molar-refractivity contribution >= 4 is 23.6 Å². The molecule has 0 heterocycles. The Labute approximate surface area is 191 Å². The van der Waals surface area contributed by atoms with Crippen LogP contribution in [-0.2, 0) is 14.3 Å². The van der Waals surface area contributed by atoms with Gasteiger partial charge in [-0.1, -0.05) is 27.7 Å². The third kappa shape index (κ3) is 9.83. The van der Waals surface area contributed by atoms with Gasteiger partial charge < -0.3 is 20.3 Å². The van der Waals surface area contributed by atoms with E-state index in [-0.39, 0.29) is 29.3 Å². The van der Waals surface area contributed by atoms with Crippen LogP contribution in [0.1, 0.15) is 87.0 Å². The number of aliphatic imine (C=N–C) groups is 1. The third-order valence-electron chi connectivity index (χ3n) is 4.94. The summed E-state index contributed by atoms with van der Waals surface area (Å²) in [5.41, 5.74) is 0.00838. The molecule has 0 radical (unpaired) electrons. The molecule has 0 bridgehead atoms. The normalized spacial score (nSPS) is 18.0. The summed E-state index contributed by atoms with van der Waals surface area (Å²) < 4.78 is 5.12. The summed E-state index contributed by atoms with van der Waals surface area (Å²) in [7, 11) is 0. The number of hydrogen-bond donors (Lipinski definition) is 3. The summed E-state index contributed by atoms with van der Waals surface area (Å²) in [6, 6.07) is -1.04. The number of Topliss-reactive ketones (excluding diaryl/α,β-unsaturated/α-hetero) is 1. The van der Waals surface area contributed by atoms with Crippen molar-refractivity contribution in [3.63, 3.8) is 0 Å². The van der Waals surface area contributed by atoms with Gasteiger partial charge in [-0.05, 0) is 57.8 Å². The topological polar surface area (TPSA) is 125 Å². The molecule has 8 heteroatoms. The molecule has 0 aromatic rings. The minimum atomic E-state index is -1.12. The van der Waals surface area contributed by atoms with E-state index in [1.807, 2.05) is 27.7 Å². The number of carboxylic acid groups (broad SMARTS) is 1. The molecule has 1 amide bonds. The zero-order valence-corrected chi connectivity index (χ0v) is 20.6. The van der Waals surface area contributed by atoms with Crippen LogP contribution < -0.4 is 5.32 Å². The Hall–Kier alpha value is -2.38. The van der Waals surface area contributed by atoms with Crippen LogP contribution in [0.2, 0.25) is 0 Å². The minimum absolute atomic E-state index is 0.0781. The van der Waals surface area contributed by atoms with Gasteiger partial charge in [-0.3, -0.25) is 9.79 Å². The van der Waals surface area contributed by atoms with Crippen LogP contribution >= 0.6 is 0 Å². The highest BCUT2D eigenvalue weighted by molar-refractivity contribution is 6.23. The smallest absolute Gasteiger partial charge is 0.408 e. The molecule has 32 heavy (non-hydrogen) atoms. The van der Waals surface area contributed by atoms with E-state index in [0.29, 0.717) is 49.9 Å². The van der Waals surface area contributed by atoms with Crippen LogP contribution in [0.3, 0.4) is 0 Å². The Morgan fingerprint density at radius 2 is 1.81 bits per heavy atom. The number of aliphatic carboxylic acids is 1. The van der Waals surface area contributed by atoms with Crippen molar-refractivity contribution in [3.8, 4) is 0 Å². The number of ether oxygens (including phenoxy) is 1. The molecule has 1 atom stereocenters. The Balaban J connectivity index is 2.74. The van der Waals surface area contributed by atoms with E-state index in [1.165, 1.54) is 0 Å². The van der Waals surface area contributed by atoms with Crippen molar-refractivity contribution in [1.82, 2.24) is 5.32 Å². The lowest BCUT2D eigenvalue weighted by atomic mass is 9.75. The number of hydrogen-bond acceptors (Lipinski definition) is 6. The van der Waals surface area contributed by atoms with Gasteiger partial charge in [0.05, 0.1) is 5.57 Å². The lowest BCUT2D eigenvalue weighted by Gasteiger charge is -2.30. The summed E-state index contributed by atoms with van der Waals surface area (Å²) in [6.07, 6.45) is 2.01. The molecule has 0 saturated carbocycles. The maximum Gasteiger partial charge on any atom is 0.408 e. The molecule has 1 aliphatic carbocycles. The minimum Gasteiger partial charge on any atom is -0.511 e. The number of allylic oxidation sites excluding steroid dienone is 2. The Bertz CT molecular complexity index is 759. The SMILES string of the molecule is CC(C)CC(=NCCCC[C@@H](NC(=O)OC(C)(C)C)C(=O)O)C1=C(O)CC(C)(C)CC1=O. The average molecular weight is 453 g/mol. The number of aliphatic hydroxyl groups is 1. The van der Waals surface area contributed by atoms with E-state index in [4.69, 9.17) is 4.74 Å². The fraction of sp³-hybridized carbons (Fsp3) is 0.750. The van der Waals surface area contributed by atoms with E-state index in [0.717, 1.165) is 0 Å². The van der Waals surface area contributed by atoms with Crippen molar-refractivity contribution in [1.29, 1.82) is 0 Å². The monoisotopic (exact) mass is 452 g/mol. The molecule has 3 N–H and O–H groups in total. The second-order valence-electron chi connectivity index (χ2n) is 10.7. The standard InChI is InChI=1S/C24H40N2O6/c1-15(2)12-17(20-18(27)13-24(6,7)14-19(20)28)25-11-9-8-10-16(21(29)30)26-22(31)32-23(3,4)5/h15-16,27H,8-14H2,1-7H3,(H,26,31)(H,29,30)/t16-/m1/s1. The summed E-state index contributed by atoms with van der Waals surface area (Å²) >= 11 is 0. The second-order valence-corrected chi connectivity index (χ2v) is 10.7. The highest BCUT2D eigenvalue weighted by Gasteiger charge is 2.35. The van der Waals surface area contributed by atoms with Crippen molar-refractivity contribution < 1.29 is 29.3 Å². The Morgan fingerprint density at radius 1 is 1.19 bits per heavy atom. The highest BCUT2D eigenvalue weighted by Crippen LogP contribution is 2.36. The van der Waals surface area contributed by atoms with Gasteiger partial charge in [0.1, 0.15) is 17.4 Å². The van der Waals surface area contributed by atoms with Crippen molar-refractivity contribution in [2.75, 3.05) is 6.54 Å². The first-order chi connectivity index (χ1) is 14.6. The largest absolute Gasteiger partial charge is 0.511 e. The maximum atomic E-state index is 12.7. The van der Waals surface area contributed by atoms with Gasteiger partial charge in [-0.25, -0.2) is 9.59 Å². The van der Waals surface area contributed by atoms with E-state index in [1.54, 1.807) is 20.8 Å². The number of aliphatic hydroxyl groups excluding tert-OH is 1. The van der Waals surface area contributed by atoms with Crippen LogP contribution in [0.5, 0.6) is 0 Å². The number of carbonyl (C=O) groups is 3. The quantitative estimate of drug-likeness (QED) is 0.322. The number of carboxylic acids is 1. The molecule has 182 valence electrons. The number of unbranched alkanes of at least 4 members (excludes halogenated alkanes) is 1. The number of ketones is 1. The fourth-order valence-corrected chi connectivity index (χ4v) is 3.63. The van der Waals surface area contributed by atoms with Crippen LogP contribution in [0.25, 0.3) is 0 Å². The lowest BCUT2D eigenvalue weighted by Crippen LogP contribution is -2.43. The molecule has 0 saturated heterocycles. The van der Waals surface area contributed by atoms with Crippen LogP contribution in [0.4, 0.5) is 4.79 Å². The number of rotatable bonds is 10. The fourth-order valence-electron chi connectivity index (χ4n) is 3.63. The molecule has 0 unspecified atom stereocenters. The zero-order valence-electron chi connectivity index (χ0n) is 20.6. The molecule has 0 aromatic heterocycles. The lowest BCUT2D eigenvalue weighted by molar-refractivity contribution is -0.139. The molecule has 0 fully saturated rings. The Kier molecular flexibility index (Phi) is 9.92. The first-order valence-corrected chi connectivity index (χ1v) is 11.3. The summed E-state index contributed by atoms with van der Waals surface area (Å²) in [5.74, 6) is -0.819. The first-order valence-electron chi connectivity index (χ1n) is 11.3. The van der Waals surface area contributed by atoms with Gasteiger partial charge >= 0.3 is 12.1 Å². The molecule has 8 nitrogen and oxygen atoms in total. The predicted octanol–water partition coefficient (Wildman–Crippen LogP) is 4.82. The molecule has 0 aliphatic heterocycles. The van der Waals surface area contributed by atoms with Crippen LogP contribution in [0.15, 0.2) is 16.3 Å². The van der Waals surface area contributed by atoms with Gasteiger partial charge in [0.25, 0.3) is 0 Å². The van der Waals surface area contributed by atoms with Crippen molar-refractivity contribution in [3.05, 3.63) is 11.3 Å². The predicted molar refractivity (Wildman–Crippen MR) is 124 cm³/mol. The molecule has 1 rings (SSSR count). The van der Waals surface area contributed by atoms with Crippen molar-refractivity contribution in [2.45, 2.75) is 98.6 Å². The zero-order chi connectivity index (χ0) is 24.7. The number of amides is 1. The summed E-state index contributed by atoms with van der Waals surface area (Å²) in [5, 5.41) is 22.3. The Morgan fingerprint density at radius 3 is 2.31 bits per heavy atom. The molecule has 0 aromatic carbocycles. The first kappa shape index (κ1) is 27.7. The van der Waals surface area contributed by atoms with Gasteiger partial charge in [0, 0.05) is 25.1 Å². The highest BCUT2D eigenvalue weighted by atomic mass is 16.6. The molecular weight excluding hydrogens is 412 g/mol. The third-order valence-corrected chi connectivity index (χ3v) is 4.94. The number of carbonyl (C=O) groups excluding carboxylic acids is 2. The second kappa shape index (κ2) is 11.5.